The summed E-state index contributed by atoms with van der Waals surface area (Å²) in [6.07, 6.45) is 6.29. The van der Waals surface area contributed by atoms with Gasteiger partial charge in [0.2, 0.25) is 0 Å². The molecule has 0 N–H and O–H groups in total. The summed E-state index contributed by atoms with van der Waals surface area (Å²) >= 11 is 0. The maximum atomic E-state index is 4.25. The predicted molar refractivity (Wildman–Crippen MR) is 46.4 cm³/mol. The highest BCUT2D eigenvalue weighted by Gasteiger charge is 1.98. The third-order valence-electron chi connectivity index (χ3n) is 1.74. The minimum absolute atomic E-state index is 0.775. The first-order valence-corrected chi connectivity index (χ1v) is 4.15. The molecule has 1 heterocycles. The maximum absolute atomic E-state index is 4.25. The van der Waals surface area contributed by atoms with E-state index in [0.717, 1.165) is 12.3 Å². The number of aromatic nitrogens is 2. The monoisotopic (exact) mass is 152 g/mol. The van der Waals surface area contributed by atoms with Crippen LogP contribution in [0.15, 0.2) is 12.5 Å². The number of hydrogen-bond donors (Lipinski definition) is 0. The average Bonchev–Trinajstić information content (AvgIpc) is 2.31. The second-order valence-corrected chi connectivity index (χ2v) is 3.46. The molecule has 2 nitrogen and oxygen atoms in total. The van der Waals surface area contributed by atoms with Gasteiger partial charge < -0.3 is 4.57 Å². The third kappa shape index (κ3) is 2.74. The van der Waals surface area contributed by atoms with E-state index < -0.39 is 0 Å². The normalized spacial score (nSPS) is 10.9. The molecule has 0 bridgehead atoms. The fraction of sp³-hybridized carbons (Fsp3) is 0.667. The van der Waals surface area contributed by atoms with Crippen molar-refractivity contribution in [3.63, 3.8) is 0 Å². The van der Waals surface area contributed by atoms with Crippen molar-refractivity contribution in [3.8, 4) is 0 Å². The Labute approximate surface area is 68.3 Å². The zero-order valence-corrected chi connectivity index (χ0v) is 7.54. The SMILES string of the molecule is CC(C)CCc1cn(C)cn1. The van der Waals surface area contributed by atoms with E-state index in [1.165, 1.54) is 12.1 Å². The van der Waals surface area contributed by atoms with Gasteiger partial charge in [0.1, 0.15) is 0 Å². The molecule has 0 unspecified atom stereocenters. The van der Waals surface area contributed by atoms with Crippen molar-refractivity contribution < 1.29 is 0 Å². The van der Waals surface area contributed by atoms with E-state index >= 15 is 0 Å². The van der Waals surface area contributed by atoms with Crippen molar-refractivity contribution in [2.45, 2.75) is 26.7 Å². The van der Waals surface area contributed by atoms with Gasteiger partial charge in [0, 0.05) is 13.2 Å². The summed E-state index contributed by atoms with van der Waals surface area (Å²) in [7, 11) is 2.01. The standard InChI is InChI=1S/C9H16N2/c1-8(2)4-5-9-6-11(3)7-10-9/h6-8H,4-5H2,1-3H3. The van der Waals surface area contributed by atoms with Crippen molar-refractivity contribution in [2.24, 2.45) is 13.0 Å². The molecule has 0 amide bonds. The van der Waals surface area contributed by atoms with Crippen LogP contribution < -0.4 is 0 Å². The van der Waals surface area contributed by atoms with E-state index in [0.29, 0.717) is 0 Å². The smallest absolute Gasteiger partial charge is 0.0946 e. The molecular formula is C9H16N2. The molecular weight excluding hydrogens is 136 g/mol. The highest BCUT2D eigenvalue weighted by atomic mass is 15.0. The molecule has 2 heteroatoms. The summed E-state index contributed by atoms with van der Waals surface area (Å²) in [5.74, 6) is 0.775. The van der Waals surface area contributed by atoms with Gasteiger partial charge in [-0.25, -0.2) is 4.98 Å². The lowest BCUT2D eigenvalue weighted by atomic mass is 10.1. The van der Waals surface area contributed by atoms with Gasteiger partial charge in [0.15, 0.2) is 0 Å². The van der Waals surface area contributed by atoms with Gasteiger partial charge in [-0.2, -0.15) is 0 Å². The summed E-state index contributed by atoms with van der Waals surface area (Å²) in [6.45, 7) is 4.48. The van der Waals surface area contributed by atoms with Crippen molar-refractivity contribution in [3.05, 3.63) is 18.2 Å². The number of imidazole rings is 1. The molecule has 0 aliphatic rings. The van der Waals surface area contributed by atoms with Gasteiger partial charge in [0.05, 0.1) is 12.0 Å². The quantitative estimate of drug-likeness (QED) is 0.647. The van der Waals surface area contributed by atoms with E-state index in [1.807, 2.05) is 17.9 Å². The topological polar surface area (TPSA) is 17.8 Å². The molecule has 0 saturated heterocycles. The molecule has 1 rings (SSSR count). The Kier molecular flexibility index (Phi) is 2.69. The summed E-state index contributed by atoms with van der Waals surface area (Å²) in [6, 6.07) is 0. The Morgan fingerprint density at radius 1 is 1.55 bits per heavy atom. The molecule has 0 radical (unpaired) electrons. The lowest BCUT2D eigenvalue weighted by Crippen LogP contribution is -1.91. The van der Waals surface area contributed by atoms with Crippen LogP contribution in [0.25, 0.3) is 0 Å². The van der Waals surface area contributed by atoms with Gasteiger partial charge in [0.25, 0.3) is 0 Å². The van der Waals surface area contributed by atoms with Gasteiger partial charge in [-0.3, -0.25) is 0 Å². The molecule has 1 aromatic rings. The molecule has 0 aliphatic carbocycles. The van der Waals surface area contributed by atoms with Gasteiger partial charge in [-0.15, -0.1) is 0 Å². The minimum Gasteiger partial charge on any atom is -0.340 e. The van der Waals surface area contributed by atoms with Crippen molar-refractivity contribution in [1.82, 2.24) is 9.55 Å². The Morgan fingerprint density at radius 2 is 2.27 bits per heavy atom. The first-order chi connectivity index (χ1) is 5.18. The molecule has 0 fully saturated rings. The molecule has 0 aliphatic heterocycles. The highest BCUT2D eigenvalue weighted by molar-refractivity contribution is 4.95. The zero-order chi connectivity index (χ0) is 8.27. The van der Waals surface area contributed by atoms with Crippen molar-refractivity contribution in [1.29, 1.82) is 0 Å². The number of aryl methyl sites for hydroxylation is 2. The van der Waals surface area contributed by atoms with Gasteiger partial charge in [-0.05, 0) is 18.8 Å². The first-order valence-electron chi connectivity index (χ1n) is 4.15. The molecule has 1 aromatic heterocycles. The van der Waals surface area contributed by atoms with E-state index in [1.54, 1.807) is 0 Å². The van der Waals surface area contributed by atoms with Crippen LogP contribution in [0.4, 0.5) is 0 Å². The van der Waals surface area contributed by atoms with Crippen molar-refractivity contribution >= 4 is 0 Å². The fourth-order valence-corrected chi connectivity index (χ4v) is 1.03. The third-order valence-corrected chi connectivity index (χ3v) is 1.74. The predicted octanol–water partition coefficient (Wildman–Crippen LogP) is 2.01. The number of rotatable bonds is 3. The summed E-state index contributed by atoms with van der Waals surface area (Å²) in [4.78, 5) is 4.25. The number of hydrogen-bond acceptors (Lipinski definition) is 1. The van der Waals surface area contributed by atoms with Crippen molar-refractivity contribution in [2.75, 3.05) is 0 Å². The molecule has 11 heavy (non-hydrogen) atoms. The maximum Gasteiger partial charge on any atom is 0.0946 e. The largest absolute Gasteiger partial charge is 0.340 e. The molecule has 0 spiro atoms. The molecule has 62 valence electrons. The van der Waals surface area contributed by atoms with Crippen LogP contribution >= 0.6 is 0 Å². The zero-order valence-electron chi connectivity index (χ0n) is 7.54. The first kappa shape index (κ1) is 8.31. The van der Waals surface area contributed by atoms with Crippen LogP contribution in [-0.2, 0) is 13.5 Å². The van der Waals surface area contributed by atoms with Gasteiger partial charge in [-0.1, -0.05) is 13.8 Å². The van der Waals surface area contributed by atoms with Gasteiger partial charge >= 0.3 is 0 Å². The highest BCUT2D eigenvalue weighted by Crippen LogP contribution is 2.05. The molecule has 0 saturated carbocycles. The summed E-state index contributed by atoms with van der Waals surface area (Å²) < 4.78 is 2.00. The minimum atomic E-state index is 0.775. The fourth-order valence-electron chi connectivity index (χ4n) is 1.03. The molecule has 0 atom stereocenters. The van der Waals surface area contributed by atoms with E-state index in [2.05, 4.69) is 25.0 Å². The lowest BCUT2D eigenvalue weighted by molar-refractivity contribution is 0.582. The van der Waals surface area contributed by atoms with Crippen LogP contribution in [0.3, 0.4) is 0 Å². The number of nitrogens with zero attached hydrogens (tertiary/aromatic N) is 2. The molecule has 0 aromatic carbocycles. The Balaban J connectivity index is 2.39. The van der Waals surface area contributed by atoms with E-state index in [4.69, 9.17) is 0 Å². The van der Waals surface area contributed by atoms with Crippen LogP contribution in [-0.4, -0.2) is 9.55 Å². The van der Waals surface area contributed by atoms with Crippen LogP contribution in [0.1, 0.15) is 26.0 Å². The second kappa shape index (κ2) is 3.56. The Morgan fingerprint density at radius 3 is 2.73 bits per heavy atom. The average molecular weight is 152 g/mol. The van der Waals surface area contributed by atoms with Crippen LogP contribution in [0.2, 0.25) is 0 Å². The Hall–Kier alpha value is -0.790. The lowest BCUT2D eigenvalue weighted by Gasteiger charge is -2.00. The second-order valence-electron chi connectivity index (χ2n) is 3.46. The Bertz CT molecular complexity index is 213. The van der Waals surface area contributed by atoms with E-state index in [9.17, 15) is 0 Å². The summed E-state index contributed by atoms with van der Waals surface area (Å²) in [5.41, 5.74) is 1.21. The van der Waals surface area contributed by atoms with E-state index in [-0.39, 0.29) is 0 Å². The van der Waals surface area contributed by atoms with Crippen LogP contribution in [0.5, 0.6) is 0 Å². The summed E-state index contributed by atoms with van der Waals surface area (Å²) in [5, 5.41) is 0. The van der Waals surface area contributed by atoms with Crippen LogP contribution in [0, 0.1) is 5.92 Å².